The van der Waals surface area contributed by atoms with Crippen LogP contribution in [-0.4, -0.2) is 123 Å². The zero-order valence-electron chi connectivity index (χ0n) is 30.5. The average Bonchev–Trinajstić information content (AvgIpc) is 2.99. The molecule has 0 amide bonds. The van der Waals surface area contributed by atoms with Crippen molar-refractivity contribution < 1.29 is 118 Å². The summed E-state index contributed by atoms with van der Waals surface area (Å²) in [7, 11) is -7.16. The number of ether oxygens (including phenoxy) is 7. The second kappa shape index (κ2) is 36.9. The van der Waals surface area contributed by atoms with Crippen LogP contribution in [0, 0.1) is 0 Å². The first-order chi connectivity index (χ1) is 22.0. The van der Waals surface area contributed by atoms with Crippen molar-refractivity contribution in [3.05, 3.63) is 0 Å². The van der Waals surface area contributed by atoms with Gasteiger partial charge in [0.2, 0.25) is 0 Å². The van der Waals surface area contributed by atoms with Crippen LogP contribution in [0.5, 0.6) is 0 Å². The third kappa shape index (κ3) is 40.3. The molecule has 0 heterocycles. The topological polar surface area (TPSA) is 179 Å². The molecule has 3 unspecified atom stereocenters. The van der Waals surface area contributed by atoms with Crippen LogP contribution in [0.4, 0.5) is 0 Å². The SMILES string of the molecule is CCCCCCCCOCC(COCC(OC)OCC(COCCCCCCCC)OCCCS(=O)(=O)[O-])OCCCS(=O)(=O)[O-].[Na+].[Na+]. The van der Waals surface area contributed by atoms with E-state index in [1.807, 2.05) is 0 Å². The van der Waals surface area contributed by atoms with Crippen LogP contribution in [0.1, 0.15) is 104 Å². The van der Waals surface area contributed by atoms with Crippen molar-refractivity contribution in [3.63, 3.8) is 0 Å². The van der Waals surface area contributed by atoms with Gasteiger partial charge in [0, 0.05) is 45.0 Å². The van der Waals surface area contributed by atoms with Crippen LogP contribution in [0.3, 0.4) is 0 Å². The fourth-order valence-corrected chi connectivity index (χ4v) is 5.30. The van der Waals surface area contributed by atoms with E-state index in [2.05, 4.69) is 13.8 Å². The molecule has 0 saturated heterocycles. The molecule has 0 N–H and O–H groups in total. The molecule has 0 spiro atoms. The summed E-state index contributed by atoms with van der Waals surface area (Å²) < 4.78 is 106. The van der Waals surface area contributed by atoms with Crippen LogP contribution in [0.2, 0.25) is 0 Å². The Labute approximate surface area is 336 Å². The van der Waals surface area contributed by atoms with Gasteiger partial charge in [-0.25, -0.2) is 16.8 Å². The molecule has 0 rings (SSSR count). The van der Waals surface area contributed by atoms with E-state index < -0.39 is 50.2 Å². The summed E-state index contributed by atoms with van der Waals surface area (Å²) in [5.74, 6) is -1.01. The van der Waals surface area contributed by atoms with Crippen LogP contribution < -0.4 is 59.1 Å². The Hall–Kier alpha value is 1.54. The smallest absolute Gasteiger partial charge is 0.748 e. The van der Waals surface area contributed by atoms with Crippen molar-refractivity contribution in [1.82, 2.24) is 0 Å². The standard InChI is InChI=1S/C31H64O13S2.2Na/c1-4-6-8-10-12-14-18-39-24-29(42-20-16-22-45(32,33)34)26-41-28-31(38-3)44-27-30(43-21-17-23-46(35,36)37)25-40-19-15-13-11-9-7-5-2;;/h29-31H,4-28H2,1-3H3,(H,32,33,34)(H,35,36,37);;/q;2*+1/p-2. The van der Waals surface area contributed by atoms with Gasteiger partial charge in [-0.15, -0.1) is 0 Å². The van der Waals surface area contributed by atoms with Gasteiger partial charge in [-0.1, -0.05) is 78.1 Å². The number of hydrogen-bond donors (Lipinski definition) is 0. The Balaban J connectivity index is -0.0000101. The number of hydrogen-bond acceptors (Lipinski definition) is 13. The molecule has 278 valence electrons. The first-order valence-corrected chi connectivity index (χ1v) is 20.1. The number of unbranched alkanes of at least 4 members (excludes halogenated alkanes) is 10. The molecule has 0 aliphatic rings. The Morgan fingerprint density at radius 1 is 0.479 bits per heavy atom. The predicted molar refractivity (Wildman–Crippen MR) is 174 cm³/mol. The minimum atomic E-state index is -4.32. The molecule has 0 saturated carbocycles. The molecule has 0 bridgehead atoms. The first-order valence-electron chi connectivity index (χ1n) is 17.0. The fourth-order valence-electron chi connectivity index (χ4n) is 4.35. The van der Waals surface area contributed by atoms with E-state index in [0.29, 0.717) is 13.2 Å². The van der Waals surface area contributed by atoms with Crippen molar-refractivity contribution in [2.24, 2.45) is 0 Å². The molecule has 0 fully saturated rings. The van der Waals surface area contributed by atoms with Crippen LogP contribution in [0.15, 0.2) is 0 Å². The molecule has 0 aromatic rings. The van der Waals surface area contributed by atoms with Gasteiger partial charge in [-0.3, -0.25) is 0 Å². The van der Waals surface area contributed by atoms with Gasteiger partial charge < -0.3 is 42.3 Å². The van der Waals surface area contributed by atoms with Gasteiger partial charge in [0.05, 0.1) is 53.3 Å². The molecule has 0 aliphatic heterocycles. The zero-order chi connectivity index (χ0) is 34.4. The largest absolute Gasteiger partial charge is 1.00 e. The molecule has 0 radical (unpaired) electrons. The van der Waals surface area contributed by atoms with E-state index in [4.69, 9.17) is 33.2 Å². The molecular weight excluding hydrogens is 690 g/mol. The Morgan fingerprint density at radius 2 is 0.875 bits per heavy atom. The van der Waals surface area contributed by atoms with Crippen molar-refractivity contribution >= 4 is 20.2 Å². The maximum Gasteiger partial charge on any atom is 1.00 e. The van der Waals surface area contributed by atoms with Crippen LogP contribution in [0.25, 0.3) is 0 Å². The molecular formula is C31H62Na2O13S2. The van der Waals surface area contributed by atoms with Gasteiger partial charge in [0.15, 0.2) is 6.29 Å². The van der Waals surface area contributed by atoms with E-state index in [0.717, 1.165) is 25.7 Å². The third-order valence-electron chi connectivity index (χ3n) is 6.96. The minimum absolute atomic E-state index is 0. The summed E-state index contributed by atoms with van der Waals surface area (Å²) in [6.07, 6.45) is 12.1. The van der Waals surface area contributed by atoms with Crippen molar-refractivity contribution in [1.29, 1.82) is 0 Å². The Kier molecular flexibility index (Phi) is 41.4. The molecule has 3 atom stereocenters. The van der Waals surface area contributed by atoms with Crippen molar-refractivity contribution in [3.8, 4) is 0 Å². The van der Waals surface area contributed by atoms with Crippen molar-refractivity contribution in [2.75, 3.05) is 78.1 Å². The Bertz CT molecular complexity index is 884. The summed E-state index contributed by atoms with van der Waals surface area (Å²) in [4.78, 5) is 0. The quantitative estimate of drug-likeness (QED) is 0.0310. The van der Waals surface area contributed by atoms with E-state index in [1.165, 1.54) is 58.5 Å². The molecule has 0 aliphatic carbocycles. The minimum Gasteiger partial charge on any atom is -0.748 e. The van der Waals surface area contributed by atoms with E-state index >= 15 is 0 Å². The van der Waals surface area contributed by atoms with Gasteiger partial charge in [-0.2, -0.15) is 0 Å². The summed E-state index contributed by atoms with van der Waals surface area (Å²) in [6, 6.07) is 0. The molecule has 0 aromatic heterocycles. The van der Waals surface area contributed by atoms with Gasteiger partial charge >= 0.3 is 59.1 Å². The number of rotatable bonds is 36. The van der Waals surface area contributed by atoms with Gasteiger partial charge in [0.1, 0.15) is 12.2 Å². The Morgan fingerprint density at radius 3 is 1.29 bits per heavy atom. The molecule has 48 heavy (non-hydrogen) atoms. The summed E-state index contributed by atoms with van der Waals surface area (Å²) in [5.41, 5.74) is 0. The summed E-state index contributed by atoms with van der Waals surface area (Å²) in [6.45, 7) is 6.41. The maximum absolute atomic E-state index is 10.9. The first kappa shape index (κ1) is 53.9. The zero-order valence-corrected chi connectivity index (χ0v) is 36.2. The molecule has 17 heteroatoms. The maximum atomic E-state index is 10.9. The van der Waals surface area contributed by atoms with Gasteiger partial charge in [0.25, 0.3) is 0 Å². The van der Waals surface area contributed by atoms with E-state index in [-0.39, 0.29) is 118 Å². The summed E-state index contributed by atoms with van der Waals surface area (Å²) in [5, 5.41) is 0. The predicted octanol–water partition coefficient (Wildman–Crippen LogP) is -1.60. The van der Waals surface area contributed by atoms with Crippen LogP contribution in [-0.2, 0) is 53.4 Å². The van der Waals surface area contributed by atoms with Crippen molar-refractivity contribution in [2.45, 2.75) is 122 Å². The second-order valence-electron chi connectivity index (χ2n) is 11.4. The second-order valence-corrected chi connectivity index (χ2v) is 14.5. The fraction of sp³-hybridized carbons (Fsp3) is 1.00. The average molecular weight is 753 g/mol. The van der Waals surface area contributed by atoms with E-state index in [1.54, 1.807) is 0 Å². The molecule has 13 nitrogen and oxygen atoms in total. The molecule has 0 aromatic carbocycles. The monoisotopic (exact) mass is 752 g/mol. The number of methoxy groups -OCH3 is 1. The van der Waals surface area contributed by atoms with Crippen LogP contribution >= 0.6 is 0 Å². The van der Waals surface area contributed by atoms with E-state index in [9.17, 15) is 25.9 Å². The third-order valence-corrected chi connectivity index (χ3v) is 8.54. The normalized spacial score (nSPS) is 13.9. The summed E-state index contributed by atoms with van der Waals surface area (Å²) >= 11 is 0. The van der Waals surface area contributed by atoms with Gasteiger partial charge in [-0.05, 0) is 25.7 Å².